The molecule has 0 saturated heterocycles. The smallest absolute Gasteiger partial charge is 0.323 e. The van der Waals surface area contributed by atoms with E-state index in [1.54, 1.807) is 30.5 Å². The highest BCUT2D eigenvalue weighted by molar-refractivity contribution is 7.09. The van der Waals surface area contributed by atoms with E-state index in [9.17, 15) is 9.50 Å². The Hall–Kier alpha value is -4.60. The van der Waals surface area contributed by atoms with Gasteiger partial charge in [-0.2, -0.15) is 8.78 Å². The first-order chi connectivity index (χ1) is 18.8. The lowest BCUT2D eigenvalue weighted by molar-refractivity contribution is -0.207. The molecule has 0 amide bonds. The van der Waals surface area contributed by atoms with Crippen LogP contribution in [0.4, 0.5) is 13.2 Å². The number of aromatic nitrogens is 6. The van der Waals surface area contributed by atoms with Gasteiger partial charge in [0.15, 0.2) is 11.4 Å². The van der Waals surface area contributed by atoms with Crippen molar-refractivity contribution < 1.29 is 23.0 Å². The maximum atomic E-state index is 15.8. The number of aliphatic hydroxyl groups is 1. The van der Waals surface area contributed by atoms with E-state index in [1.807, 2.05) is 5.38 Å². The summed E-state index contributed by atoms with van der Waals surface area (Å²) in [5, 5.41) is 25.0. The van der Waals surface area contributed by atoms with Crippen LogP contribution in [0.3, 0.4) is 0 Å². The number of ether oxygens (including phenoxy) is 1. The Labute approximate surface area is 223 Å². The van der Waals surface area contributed by atoms with Crippen molar-refractivity contribution in [3.63, 3.8) is 0 Å². The fraction of sp³-hybridized carbons (Fsp3) is 0.148. The predicted molar refractivity (Wildman–Crippen MR) is 134 cm³/mol. The van der Waals surface area contributed by atoms with Crippen LogP contribution in [-0.4, -0.2) is 35.3 Å². The lowest BCUT2D eigenvalue weighted by Crippen LogP contribution is -2.49. The monoisotopic (exact) mass is 546 g/mol. The zero-order chi connectivity index (χ0) is 27.0. The summed E-state index contributed by atoms with van der Waals surface area (Å²) in [4.78, 5) is 8.07. The molecule has 12 heteroatoms. The van der Waals surface area contributed by atoms with Crippen LogP contribution in [-0.2, 0) is 24.7 Å². The second-order valence-electron chi connectivity index (χ2n) is 8.71. The summed E-state index contributed by atoms with van der Waals surface area (Å²) < 4.78 is 52.3. The quantitative estimate of drug-likeness (QED) is 0.328. The summed E-state index contributed by atoms with van der Waals surface area (Å²) in [6.07, 6.45) is 2.93. The molecule has 8 nitrogen and oxygen atoms in total. The van der Waals surface area contributed by atoms with Crippen LogP contribution >= 0.6 is 11.3 Å². The van der Waals surface area contributed by atoms with Crippen molar-refractivity contribution in [3.8, 4) is 29.0 Å². The van der Waals surface area contributed by atoms with Crippen LogP contribution in [0.25, 0.3) is 11.4 Å². The van der Waals surface area contributed by atoms with E-state index in [2.05, 4.69) is 37.3 Å². The minimum atomic E-state index is -3.87. The summed E-state index contributed by atoms with van der Waals surface area (Å²) in [6, 6.07) is 12.8. The number of nitrogens with zero attached hydrogens (tertiary/aromatic N) is 6. The van der Waals surface area contributed by atoms with E-state index >= 15 is 8.78 Å². The fourth-order valence-electron chi connectivity index (χ4n) is 4.25. The van der Waals surface area contributed by atoms with Crippen molar-refractivity contribution in [2.75, 3.05) is 0 Å². The van der Waals surface area contributed by atoms with Crippen LogP contribution in [0, 0.1) is 17.7 Å². The normalized spacial score (nSPS) is 16.1. The Balaban J connectivity index is 1.21. The third-order valence-electron chi connectivity index (χ3n) is 6.23. The molecule has 0 aliphatic carbocycles. The highest BCUT2D eigenvalue weighted by Crippen LogP contribution is 2.50. The summed E-state index contributed by atoms with van der Waals surface area (Å²) in [6.45, 7) is -0.270. The summed E-state index contributed by atoms with van der Waals surface area (Å²) in [7, 11) is 0. The number of pyridine rings is 1. The van der Waals surface area contributed by atoms with Crippen molar-refractivity contribution in [2.45, 2.75) is 24.7 Å². The number of alkyl halides is 2. The SMILES string of the molecule is OC1(C(F)(F)c2ccc(C#Cc3ccc(OCc4nccs4)cc3)cn2)Cn2nnnc2-c2cc(F)ccc21. The van der Waals surface area contributed by atoms with Crippen molar-refractivity contribution in [2.24, 2.45) is 0 Å². The lowest BCUT2D eigenvalue weighted by Gasteiger charge is -2.39. The van der Waals surface area contributed by atoms with Crippen LogP contribution in [0.1, 0.15) is 27.4 Å². The molecule has 1 atom stereocenters. The molecule has 1 N–H and O–H groups in total. The number of fused-ring (bicyclic) bond motifs is 3. The largest absolute Gasteiger partial charge is 0.486 e. The van der Waals surface area contributed by atoms with Gasteiger partial charge in [0.1, 0.15) is 28.9 Å². The molecule has 0 fully saturated rings. The average Bonchev–Trinajstić information content (AvgIpc) is 3.64. The van der Waals surface area contributed by atoms with E-state index < -0.39 is 29.6 Å². The molecule has 0 spiro atoms. The molecular weight excluding hydrogens is 529 g/mol. The lowest BCUT2D eigenvalue weighted by atomic mass is 9.80. The van der Waals surface area contributed by atoms with Crippen molar-refractivity contribution in [1.29, 1.82) is 0 Å². The minimum Gasteiger partial charge on any atom is -0.486 e. The van der Waals surface area contributed by atoms with Crippen LogP contribution in [0.5, 0.6) is 5.75 Å². The fourth-order valence-corrected chi connectivity index (χ4v) is 4.78. The Morgan fingerprint density at radius 2 is 1.85 bits per heavy atom. The Morgan fingerprint density at radius 1 is 1.05 bits per heavy atom. The predicted octanol–water partition coefficient (Wildman–Crippen LogP) is 4.30. The van der Waals surface area contributed by atoms with Gasteiger partial charge in [-0.15, -0.1) is 16.4 Å². The number of halogens is 3. The van der Waals surface area contributed by atoms with Crippen molar-refractivity contribution in [3.05, 3.63) is 106 Å². The molecule has 3 aromatic heterocycles. The highest BCUT2D eigenvalue weighted by Gasteiger charge is 2.59. The second-order valence-corrected chi connectivity index (χ2v) is 9.68. The summed E-state index contributed by atoms with van der Waals surface area (Å²) in [5.41, 5.74) is -2.56. The molecular formula is C27H17F3N6O2S. The standard InChI is InChI=1S/C27H17F3N6O2S/c28-19-6-9-22-21(13-19)25-33-34-35-36(25)16-26(22,37)27(29,30)23-10-5-18(14-32-23)2-1-17-3-7-20(8-4-17)38-15-24-31-11-12-39-24/h3-14,37H,15-16H2. The summed E-state index contributed by atoms with van der Waals surface area (Å²) in [5.74, 6) is 2.06. The maximum absolute atomic E-state index is 15.8. The molecule has 2 aromatic carbocycles. The van der Waals surface area contributed by atoms with E-state index in [0.29, 0.717) is 23.5 Å². The zero-order valence-electron chi connectivity index (χ0n) is 19.9. The van der Waals surface area contributed by atoms with Gasteiger partial charge in [0, 0.05) is 40.0 Å². The number of hydrogen-bond acceptors (Lipinski definition) is 8. The Morgan fingerprint density at radius 3 is 2.59 bits per heavy atom. The van der Waals surface area contributed by atoms with E-state index in [1.165, 1.54) is 23.6 Å². The van der Waals surface area contributed by atoms with Gasteiger partial charge in [-0.25, -0.2) is 14.1 Å². The number of thiazole rings is 1. The first-order valence-corrected chi connectivity index (χ1v) is 12.5. The van der Waals surface area contributed by atoms with E-state index in [-0.39, 0.29) is 17.0 Å². The molecule has 6 rings (SSSR count). The van der Waals surface area contributed by atoms with Gasteiger partial charge >= 0.3 is 5.92 Å². The van der Waals surface area contributed by atoms with Gasteiger partial charge in [0.2, 0.25) is 0 Å². The number of benzene rings is 2. The minimum absolute atomic E-state index is 0.0180. The van der Waals surface area contributed by atoms with Gasteiger partial charge in [-0.1, -0.05) is 17.9 Å². The molecule has 39 heavy (non-hydrogen) atoms. The van der Waals surface area contributed by atoms with Crippen molar-refractivity contribution >= 4 is 11.3 Å². The van der Waals surface area contributed by atoms with Gasteiger partial charge in [-0.05, 0) is 59.0 Å². The molecule has 194 valence electrons. The molecule has 1 unspecified atom stereocenters. The molecule has 1 aliphatic heterocycles. The van der Waals surface area contributed by atoms with Crippen LogP contribution in [0.2, 0.25) is 0 Å². The van der Waals surface area contributed by atoms with Crippen LogP contribution in [0.15, 0.2) is 72.4 Å². The number of tetrazole rings is 1. The summed E-state index contributed by atoms with van der Waals surface area (Å²) >= 11 is 1.51. The Bertz CT molecular complexity index is 1700. The molecule has 1 aliphatic rings. The number of hydrogen-bond donors (Lipinski definition) is 1. The van der Waals surface area contributed by atoms with Gasteiger partial charge < -0.3 is 9.84 Å². The maximum Gasteiger partial charge on any atom is 0.323 e. The first-order valence-electron chi connectivity index (χ1n) is 11.6. The molecule has 4 heterocycles. The Kier molecular flexibility index (Phi) is 6.09. The molecule has 0 bridgehead atoms. The average molecular weight is 547 g/mol. The third-order valence-corrected chi connectivity index (χ3v) is 6.99. The molecule has 5 aromatic rings. The van der Waals surface area contributed by atoms with Gasteiger partial charge in [0.05, 0.1) is 6.54 Å². The van der Waals surface area contributed by atoms with Gasteiger partial charge in [0.25, 0.3) is 0 Å². The topological polar surface area (TPSA) is 98.8 Å². The van der Waals surface area contributed by atoms with Crippen molar-refractivity contribution in [1.82, 2.24) is 30.2 Å². The molecule has 0 saturated carbocycles. The zero-order valence-corrected chi connectivity index (χ0v) is 20.7. The third kappa shape index (κ3) is 4.52. The van der Waals surface area contributed by atoms with E-state index in [4.69, 9.17) is 4.74 Å². The first kappa shape index (κ1) is 24.7. The number of rotatable bonds is 5. The highest BCUT2D eigenvalue weighted by atomic mass is 32.1. The van der Waals surface area contributed by atoms with Crippen LogP contribution < -0.4 is 4.74 Å². The second kappa shape index (κ2) is 9.61. The molecule has 0 radical (unpaired) electrons. The van der Waals surface area contributed by atoms with Gasteiger partial charge in [-0.3, -0.25) is 4.98 Å². The van der Waals surface area contributed by atoms with E-state index in [0.717, 1.165) is 34.0 Å².